The van der Waals surface area contributed by atoms with Gasteiger partial charge in [-0.15, -0.1) is 0 Å². The lowest BCUT2D eigenvalue weighted by Gasteiger charge is -2.13. The number of halogens is 1. The molecule has 0 bridgehead atoms. The van der Waals surface area contributed by atoms with Crippen molar-refractivity contribution in [3.05, 3.63) is 71.1 Å². The summed E-state index contributed by atoms with van der Waals surface area (Å²) in [4.78, 5) is 42.2. The molecular formula is C22H24FN3O4. The fraction of sp³-hybridized carbons (Fsp3) is 0.318. The van der Waals surface area contributed by atoms with Crippen LogP contribution in [-0.4, -0.2) is 33.8 Å². The molecule has 158 valence electrons. The molecule has 1 aliphatic heterocycles. The Balaban J connectivity index is 0.000000291. The number of ether oxygens (including phenoxy) is 1. The fourth-order valence-corrected chi connectivity index (χ4v) is 2.49. The molecule has 1 fully saturated rings. The predicted molar refractivity (Wildman–Crippen MR) is 109 cm³/mol. The molecule has 1 aliphatic rings. The van der Waals surface area contributed by atoms with E-state index in [1.807, 2.05) is 0 Å². The van der Waals surface area contributed by atoms with E-state index in [2.05, 4.69) is 9.83 Å². The van der Waals surface area contributed by atoms with Gasteiger partial charge in [-0.25, -0.2) is 14.0 Å². The van der Waals surface area contributed by atoms with Crippen LogP contribution in [0, 0.1) is 12.4 Å². The standard InChI is InChI=1S/C11H10FNO2.C10H10N2O2.CH4/c12-9-3-1-8(2-4-9)7-13-10(14)5-6-11(13)15;1-7(2)14-10(13)9-8(11-3)5-4-6-12-9;/h1-4H,5-7H2;4-7H,1-2H3;1H4. The van der Waals surface area contributed by atoms with Crippen LogP contribution in [-0.2, 0) is 20.9 Å². The first-order valence-electron chi connectivity index (χ1n) is 8.93. The van der Waals surface area contributed by atoms with Gasteiger partial charge < -0.3 is 4.74 Å². The number of esters is 1. The van der Waals surface area contributed by atoms with Gasteiger partial charge in [0.15, 0.2) is 5.69 Å². The molecule has 0 atom stereocenters. The van der Waals surface area contributed by atoms with Gasteiger partial charge >= 0.3 is 5.97 Å². The minimum absolute atomic E-state index is 0. The van der Waals surface area contributed by atoms with Crippen molar-refractivity contribution in [1.82, 2.24) is 9.88 Å². The molecule has 0 saturated carbocycles. The van der Waals surface area contributed by atoms with Crippen molar-refractivity contribution in [2.24, 2.45) is 0 Å². The molecule has 0 aliphatic carbocycles. The summed E-state index contributed by atoms with van der Waals surface area (Å²) in [6.07, 6.45) is 1.84. The van der Waals surface area contributed by atoms with Crippen LogP contribution in [0.3, 0.4) is 0 Å². The molecule has 2 aromatic rings. The van der Waals surface area contributed by atoms with Crippen molar-refractivity contribution < 1.29 is 23.5 Å². The first-order valence-corrected chi connectivity index (χ1v) is 8.93. The third-order valence-corrected chi connectivity index (χ3v) is 3.85. The maximum atomic E-state index is 12.6. The molecule has 30 heavy (non-hydrogen) atoms. The zero-order valence-corrected chi connectivity index (χ0v) is 16.1. The van der Waals surface area contributed by atoms with Gasteiger partial charge in [-0.2, -0.15) is 0 Å². The van der Waals surface area contributed by atoms with Gasteiger partial charge in [-0.3, -0.25) is 19.5 Å². The molecule has 1 aromatic heterocycles. The van der Waals surface area contributed by atoms with E-state index in [0.29, 0.717) is 12.8 Å². The van der Waals surface area contributed by atoms with Crippen LogP contribution in [0.1, 0.15) is 50.2 Å². The first kappa shape index (κ1) is 24.4. The zero-order chi connectivity index (χ0) is 21.4. The SMILES string of the molecule is C.O=C1CCC(=O)N1Cc1ccc(F)cc1.[C-]#[N+]c1cccnc1C(=O)OC(C)C. The van der Waals surface area contributed by atoms with Gasteiger partial charge in [0.1, 0.15) is 5.82 Å². The number of likely N-dealkylation sites (tertiary alicyclic amines) is 1. The number of rotatable bonds is 4. The Kier molecular flexibility index (Phi) is 9.30. The van der Waals surface area contributed by atoms with Gasteiger partial charge in [-0.1, -0.05) is 31.7 Å². The van der Waals surface area contributed by atoms with E-state index in [1.54, 1.807) is 32.0 Å². The Morgan fingerprint density at radius 3 is 2.33 bits per heavy atom. The van der Waals surface area contributed by atoms with E-state index >= 15 is 0 Å². The van der Waals surface area contributed by atoms with E-state index < -0.39 is 5.97 Å². The predicted octanol–water partition coefficient (Wildman–Crippen LogP) is 4.31. The van der Waals surface area contributed by atoms with Gasteiger partial charge in [0, 0.05) is 19.0 Å². The highest BCUT2D eigenvalue weighted by molar-refractivity contribution is 6.01. The summed E-state index contributed by atoms with van der Waals surface area (Å²) in [6.45, 7) is 10.6. The number of amides is 2. The first-order chi connectivity index (χ1) is 13.8. The normalized spacial score (nSPS) is 12.6. The van der Waals surface area contributed by atoms with Crippen molar-refractivity contribution in [3.63, 3.8) is 0 Å². The Labute approximate surface area is 175 Å². The second-order valence-electron chi connectivity index (χ2n) is 6.44. The van der Waals surface area contributed by atoms with E-state index in [9.17, 15) is 18.8 Å². The Morgan fingerprint density at radius 1 is 1.20 bits per heavy atom. The number of hydrogen-bond acceptors (Lipinski definition) is 5. The highest BCUT2D eigenvalue weighted by Crippen LogP contribution is 2.17. The number of pyridine rings is 1. The van der Waals surface area contributed by atoms with Crippen molar-refractivity contribution >= 4 is 23.5 Å². The second kappa shape index (κ2) is 11.4. The molecule has 3 rings (SSSR count). The molecule has 2 heterocycles. The minimum Gasteiger partial charge on any atom is -0.459 e. The molecular weight excluding hydrogens is 389 g/mol. The van der Waals surface area contributed by atoms with Crippen LogP contribution >= 0.6 is 0 Å². The van der Waals surface area contributed by atoms with E-state index in [4.69, 9.17) is 11.3 Å². The molecule has 8 heteroatoms. The average molecular weight is 413 g/mol. The van der Waals surface area contributed by atoms with Crippen molar-refractivity contribution in [2.75, 3.05) is 0 Å². The summed E-state index contributed by atoms with van der Waals surface area (Å²) in [7, 11) is 0. The molecule has 2 amide bonds. The van der Waals surface area contributed by atoms with Crippen LogP contribution in [0.25, 0.3) is 4.85 Å². The summed E-state index contributed by atoms with van der Waals surface area (Å²) in [5.74, 6) is -1.17. The van der Waals surface area contributed by atoms with Crippen molar-refractivity contribution in [2.45, 2.75) is 46.8 Å². The van der Waals surface area contributed by atoms with Crippen LogP contribution in [0.5, 0.6) is 0 Å². The number of hydrogen-bond donors (Lipinski definition) is 0. The van der Waals surface area contributed by atoms with Crippen molar-refractivity contribution in [3.8, 4) is 0 Å². The summed E-state index contributed by atoms with van der Waals surface area (Å²) in [5.41, 5.74) is 1.06. The highest BCUT2D eigenvalue weighted by Gasteiger charge is 2.28. The van der Waals surface area contributed by atoms with Crippen LogP contribution < -0.4 is 0 Å². The Bertz CT molecular complexity index is 920. The average Bonchev–Trinajstić information content (AvgIpc) is 3.01. The Hall–Kier alpha value is -3.60. The van der Waals surface area contributed by atoms with E-state index in [-0.39, 0.29) is 49.1 Å². The molecule has 0 spiro atoms. The number of aromatic nitrogens is 1. The number of nitrogens with zero attached hydrogens (tertiary/aromatic N) is 3. The van der Waals surface area contributed by atoms with Gasteiger partial charge in [0.25, 0.3) is 0 Å². The van der Waals surface area contributed by atoms with Crippen molar-refractivity contribution in [1.29, 1.82) is 0 Å². The smallest absolute Gasteiger partial charge is 0.346 e. The largest absolute Gasteiger partial charge is 0.459 e. The molecule has 1 aromatic carbocycles. The molecule has 7 nitrogen and oxygen atoms in total. The maximum Gasteiger partial charge on any atom is 0.346 e. The fourth-order valence-electron chi connectivity index (χ4n) is 2.49. The Morgan fingerprint density at radius 2 is 1.80 bits per heavy atom. The third-order valence-electron chi connectivity index (χ3n) is 3.85. The molecule has 1 saturated heterocycles. The van der Waals surface area contributed by atoms with E-state index in [1.165, 1.54) is 29.3 Å². The zero-order valence-electron chi connectivity index (χ0n) is 16.1. The molecule has 0 N–H and O–H groups in total. The lowest BCUT2D eigenvalue weighted by molar-refractivity contribution is -0.139. The minimum atomic E-state index is -0.549. The summed E-state index contributed by atoms with van der Waals surface area (Å²) < 4.78 is 17.5. The second-order valence-corrected chi connectivity index (χ2v) is 6.44. The van der Waals surface area contributed by atoms with Crippen LogP contribution in [0.4, 0.5) is 10.1 Å². The summed E-state index contributed by atoms with van der Waals surface area (Å²) in [6, 6.07) is 8.94. The lowest BCUT2D eigenvalue weighted by Crippen LogP contribution is -2.28. The van der Waals surface area contributed by atoms with Gasteiger partial charge in [0.2, 0.25) is 17.5 Å². The number of benzene rings is 1. The monoisotopic (exact) mass is 413 g/mol. The number of imide groups is 1. The maximum absolute atomic E-state index is 12.6. The highest BCUT2D eigenvalue weighted by atomic mass is 19.1. The molecule has 0 unspecified atom stereocenters. The topological polar surface area (TPSA) is 80.9 Å². The third kappa shape index (κ3) is 6.78. The van der Waals surface area contributed by atoms with Crippen LogP contribution in [0.15, 0.2) is 42.6 Å². The van der Waals surface area contributed by atoms with E-state index in [0.717, 1.165) is 5.56 Å². The van der Waals surface area contributed by atoms with Gasteiger partial charge in [0.05, 0.1) is 19.2 Å². The quantitative estimate of drug-likeness (QED) is 0.424. The summed E-state index contributed by atoms with van der Waals surface area (Å²) >= 11 is 0. The molecule has 0 radical (unpaired) electrons. The lowest BCUT2D eigenvalue weighted by atomic mass is 10.2. The number of carbonyl (C=O) groups is 3. The van der Waals surface area contributed by atoms with Gasteiger partial charge in [-0.05, 0) is 31.5 Å². The van der Waals surface area contributed by atoms with Crippen LogP contribution in [0.2, 0.25) is 0 Å². The number of carbonyl (C=O) groups excluding carboxylic acids is 3. The summed E-state index contributed by atoms with van der Waals surface area (Å²) in [5, 5.41) is 0.